The molecule has 5 heteroatoms. The van der Waals surface area contributed by atoms with E-state index in [1.165, 1.54) is 6.07 Å². The molecule has 2 N–H and O–H groups in total. The Kier molecular flexibility index (Phi) is 3.86. The number of hydrogen-bond donors (Lipinski definition) is 2. The zero-order chi connectivity index (χ0) is 16.5. The third kappa shape index (κ3) is 2.83. The SMILES string of the molecule is O=c1oc2cc(OCC3CCNCC3)ccc2c2ccc(O)cc12. The minimum atomic E-state index is -0.455. The summed E-state index contributed by atoms with van der Waals surface area (Å²) in [5.41, 5.74) is 0.0462. The van der Waals surface area contributed by atoms with Crippen molar-refractivity contribution in [2.75, 3.05) is 19.7 Å². The number of phenols is 1. The van der Waals surface area contributed by atoms with E-state index in [0.717, 1.165) is 36.7 Å². The average molecular weight is 325 g/mol. The van der Waals surface area contributed by atoms with Gasteiger partial charge >= 0.3 is 5.63 Å². The summed E-state index contributed by atoms with van der Waals surface area (Å²) >= 11 is 0. The molecule has 1 saturated heterocycles. The van der Waals surface area contributed by atoms with E-state index in [-0.39, 0.29) is 5.75 Å². The van der Waals surface area contributed by atoms with Crippen LogP contribution in [0.2, 0.25) is 0 Å². The second kappa shape index (κ2) is 6.17. The minimum absolute atomic E-state index is 0.0519. The molecule has 0 radical (unpaired) electrons. The van der Waals surface area contributed by atoms with Gasteiger partial charge in [0.2, 0.25) is 0 Å². The quantitative estimate of drug-likeness (QED) is 0.572. The van der Waals surface area contributed by atoms with Crippen LogP contribution in [0.15, 0.2) is 45.6 Å². The summed E-state index contributed by atoms with van der Waals surface area (Å²) in [5, 5.41) is 14.9. The molecule has 0 bridgehead atoms. The number of nitrogens with one attached hydrogen (secondary N) is 1. The van der Waals surface area contributed by atoms with Crippen LogP contribution in [0.5, 0.6) is 11.5 Å². The van der Waals surface area contributed by atoms with Gasteiger partial charge in [0.25, 0.3) is 0 Å². The first-order valence-electron chi connectivity index (χ1n) is 8.24. The van der Waals surface area contributed by atoms with E-state index >= 15 is 0 Å². The summed E-state index contributed by atoms with van der Waals surface area (Å²) < 4.78 is 11.3. The summed E-state index contributed by atoms with van der Waals surface area (Å²) in [5.74, 6) is 1.33. The molecule has 0 atom stereocenters. The Morgan fingerprint density at radius 1 is 1.08 bits per heavy atom. The zero-order valence-electron chi connectivity index (χ0n) is 13.2. The van der Waals surface area contributed by atoms with Gasteiger partial charge in [-0.3, -0.25) is 0 Å². The van der Waals surface area contributed by atoms with Gasteiger partial charge in [-0.15, -0.1) is 0 Å². The Labute approximate surface area is 138 Å². The predicted octanol–water partition coefficient (Wildman–Crippen LogP) is 3.03. The highest BCUT2D eigenvalue weighted by atomic mass is 16.5. The van der Waals surface area contributed by atoms with Crippen LogP contribution in [-0.2, 0) is 0 Å². The second-order valence-electron chi connectivity index (χ2n) is 6.28. The van der Waals surface area contributed by atoms with Crippen LogP contribution >= 0.6 is 0 Å². The van der Waals surface area contributed by atoms with E-state index < -0.39 is 5.63 Å². The van der Waals surface area contributed by atoms with E-state index in [9.17, 15) is 9.90 Å². The molecular weight excluding hydrogens is 306 g/mol. The van der Waals surface area contributed by atoms with E-state index in [1.54, 1.807) is 18.2 Å². The number of phenolic OH excluding ortho intramolecular Hbond substituents is 1. The Bertz CT molecular complexity index is 941. The van der Waals surface area contributed by atoms with Crippen molar-refractivity contribution in [3.05, 3.63) is 46.8 Å². The molecular formula is C19H19NO4. The molecule has 5 nitrogen and oxygen atoms in total. The molecule has 0 amide bonds. The highest BCUT2D eigenvalue weighted by Gasteiger charge is 2.14. The van der Waals surface area contributed by atoms with Gasteiger partial charge in [0.15, 0.2) is 0 Å². The van der Waals surface area contributed by atoms with Crippen LogP contribution in [0.25, 0.3) is 21.7 Å². The molecule has 1 aliphatic heterocycles. The molecule has 1 fully saturated rings. The number of ether oxygens (including phenoxy) is 1. The van der Waals surface area contributed by atoms with Crippen LogP contribution in [-0.4, -0.2) is 24.8 Å². The second-order valence-corrected chi connectivity index (χ2v) is 6.28. The number of hydrogen-bond acceptors (Lipinski definition) is 5. The van der Waals surface area contributed by atoms with Crippen LogP contribution in [0.4, 0.5) is 0 Å². The Balaban J connectivity index is 1.66. The molecule has 24 heavy (non-hydrogen) atoms. The lowest BCUT2D eigenvalue weighted by atomic mass is 9.99. The lowest BCUT2D eigenvalue weighted by Crippen LogP contribution is -2.30. The van der Waals surface area contributed by atoms with Crippen molar-refractivity contribution in [1.82, 2.24) is 5.32 Å². The monoisotopic (exact) mass is 325 g/mol. The summed E-state index contributed by atoms with van der Waals surface area (Å²) in [4.78, 5) is 12.1. The first-order valence-corrected chi connectivity index (χ1v) is 8.24. The first kappa shape index (κ1) is 15.0. The van der Waals surface area contributed by atoms with Gasteiger partial charge in [-0.2, -0.15) is 0 Å². The van der Waals surface area contributed by atoms with E-state index in [1.807, 2.05) is 12.1 Å². The molecule has 1 aromatic heterocycles. The van der Waals surface area contributed by atoms with Gasteiger partial charge in [-0.25, -0.2) is 4.79 Å². The van der Waals surface area contributed by atoms with Gasteiger partial charge in [-0.1, -0.05) is 0 Å². The van der Waals surface area contributed by atoms with Gasteiger partial charge in [-0.05, 0) is 62.2 Å². The molecule has 0 aliphatic carbocycles. The zero-order valence-corrected chi connectivity index (χ0v) is 13.2. The topological polar surface area (TPSA) is 71.7 Å². The molecule has 3 aromatic rings. The lowest BCUT2D eigenvalue weighted by molar-refractivity contribution is 0.215. The molecule has 2 aromatic carbocycles. The van der Waals surface area contributed by atoms with Gasteiger partial charge in [0.1, 0.15) is 17.1 Å². The summed E-state index contributed by atoms with van der Waals surface area (Å²) in [7, 11) is 0. The Morgan fingerprint density at radius 2 is 1.88 bits per heavy atom. The Morgan fingerprint density at radius 3 is 2.71 bits per heavy atom. The molecule has 124 valence electrons. The third-order valence-electron chi connectivity index (χ3n) is 4.61. The smallest absolute Gasteiger partial charge is 0.344 e. The fourth-order valence-electron chi connectivity index (χ4n) is 3.25. The van der Waals surface area contributed by atoms with Crippen LogP contribution in [0, 0.1) is 5.92 Å². The van der Waals surface area contributed by atoms with E-state index in [0.29, 0.717) is 29.2 Å². The van der Waals surface area contributed by atoms with Gasteiger partial charge in [0.05, 0.1) is 12.0 Å². The largest absolute Gasteiger partial charge is 0.508 e. The van der Waals surface area contributed by atoms with Crippen molar-refractivity contribution < 1.29 is 14.3 Å². The summed E-state index contributed by atoms with van der Waals surface area (Å²) in [6, 6.07) is 10.3. The number of benzene rings is 2. The molecule has 0 spiro atoms. The van der Waals surface area contributed by atoms with Crippen molar-refractivity contribution in [2.24, 2.45) is 5.92 Å². The number of aromatic hydroxyl groups is 1. The van der Waals surface area contributed by atoms with Crippen molar-refractivity contribution in [2.45, 2.75) is 12.8 Å². The molecule has 4 rings (SSSR count). The van der Waals surface area contributed by atoms with Crippen molar-refractivity contribution in [3.8, 4) is 11.5 Å². The molecule has 2 heterocycles. The van der Waals surface area contributed by atoms with Gasteiger partial charge in [0, 0.05) is 16.8 Å². The fourth-order valence-corrected chi connectivity index (χ4v) is 3.25. The van der Waals surface area contributed by atoms with E-state index in [2.05, 4.69) is 5.32 Å². The maximum atomic E-state index is 12.1. The maximum absolute atomic E-state index is 12.1. The number of rotatable bonds is 3. The van der Waals surface area contributed by atoms with Crippen molar-refractivity contribution in [3.63, 3.8) is 0 Å². The van der Waals surface area contributed by atoms with Gasteiger partial charge < -0.3 is 19.6 Å². The average Bonchev–Trinajstić information content (AvgIpc) is 2.61. The Hall–Kier alpha value is -2.53. The normalized spacial score (nSPS) is 15.8. The first-order chi connectivity index (χ1) is 11.7. The fraction of sp³-hybridized carbons (Fsp3) is 0.316. The highest BCUT2D eigenvalue weighted by Crippen LogP contribution is 2.28. The summed E-state index contributed by atoms with van der Waals surface area (Å²) in [6.07, 6.45) is 2.24. The number of piperidine rings is 1. The highest BCUT2D eigenvalue weighted by molar-refractivity contribution is 6.04. The molecule has 1 aliphatic rings. The molecule has 0 saturated carbocycles. The van der Waals surface area contributed by atoms with Crippen LogP contribution in [0.1, 0.15) is 12.8 Å². The van der Waals surface area contributed by atoms with Crippen molar-refractivity contribution in [1.29, 1.82) is 0 Å². The third-order valence-corrected chi connectivity index (χ3v) is 4.61. The van der Waals surface area contributed by atoms with Crippen LogP contribution in [0.3, 0.4) is 0 Å². The summed E-state index contributed by atoms with van der Waals surface area (Å²) in [6.45, 7) is 2.76. The standard InChI is InChI=1S/C19H19NO4/c21-13-1-3-15-16-4-2-14(23-11-12-5-7-20-8-6-12)10-18(16)24-19(22)17(15)9-13/h1-4,9-10,12,20-21H,5-8,11H2. The minimum Gasteiger partial charge on any atom is -0.508 e. The number of fused-ring (bicyclic) bond motifs is 3. The van der Waals surface area contributed by atoms with E-state index in [4.69, 9.17) is 9.15 Å². The van der Waals surface area contributed by atoms with Crippen LogP contribution < -0.4 is 15.7 Å². The molecule has 0 unspecified atom stereocenters. The lowest BCUT2D eigenvalue weighted by Gasteiger charge is -2.22. The maximum Gasteiger partial charge on any atom is 0.344 e. The predicted molar refractivity (Wildman–Crippen MR) is 92.7 cm³/mol. The van der Waals surface area contributed by atoms with Crippen molar-refractivity contribution >= 4 is 21.7 Å².